The molecule has 1 N–H and O–H groups in total. The standard InChI is InChI=1S/C17H24BrNO3/c1-3-11-22-17(2,13-4-5-13)16(20)19-14-6-8-15(9-7-14)21-12-10-18/h6-9,13H,3-5,10-12H2,1-2H3,(H,19,20). The zero-order valence-electron chi connectivity index (χ0n) is 13.2. The third kappa shape index (κ3) is 4.46. The van der Waals surface area contributed by atoms with Gasteiger partial charge in [-0.25, -0.2) is 0 Å². The Hall–Kier alpha value is -1.07. The maximum atomic E-state index is 12.6. The first-order chi connectivity index (χ1) is 10.6. The van der Waals surface area contributed by atoms with Crippen molar-refractivity contribution in [2.45, 2.75) is 38.7 Å². The molecular formula is C17H24BrNO3. The normalized spacial score (nSPS) is 16.9. The highest BCUT2D eigenvalue weighted by molar-refractivity contribution is 9.09. The molecule has 0 radical (unpaired) electrons. The van der Waals surface area contributed by atoms with Crippen molar-refractivity contribution in [1.29, 1.82) is 0 Å². The average molecular weight is 370 g/mol. The predicted molar refractivity (Wildman–Crippen MR) is 91.7 cm³/mol. The Labute approximate surface area is 140 Å². The number of nitrogens with one attached hydrogen (secondary N) is 1. The Kier molecular flexibility index (Phi) is 6.26. The van der Waals surface area contributed by atoms with Crippen LogP contribution in [-0.2, 0) is 9.53 Å². The second-order valence-corrected chi connectivity index (χ2v) is 6.54. The molecule has 1 fully saturated rings. The van der Waals surface area contributed by atoms with Gasteiger partial charge in [0, 0.05) is 17.6 Å². The summed E-state index contributed by atoms with van der Waals surface area (Å²) >= 11 is 3.32. The van der Waals surface area contributed by atoms with Gasteiger partial charge in [-0.3, -0.25) is 4.79 Å². The molecule has 0 aliphatic heterocycles. The lowest BCUT2D eigenvalue weighted by Crippen LogP contribution is -2.45. The fraction of sp³-hybridized carbons (Fsp3) is 0.588. The van der Waals surface area contributed by atoms with Gasteiger partial charge in [0.2, 0.25) is 0 Å². The molecule has 122 valence electrons. The van der Waals surface area contributed by atoms with Gasteiger partial charge in [0.1, 0.15) is 11.4 Å². The van der Waals surface area contributed by atoms with E-state index in [4.69, 9.17) is 9.47 Å². The molecule has 0 heterocycles. The van der Waals surface area contributed by atoms with Gasteiger partial charge in [-0.2, -0.15) is 0 Å². The first-order valence-electron chi connectivity index (χ1n) is 7.84. The summed E-state index contributed by atoms with van der Waals surface area (Å²) in [5.41, 5.74) is 0.0457. The van der Waals surface area contributed by atoms with Crippen molar-refractivity contribution in [2.75, 3.05) is 23.9 Å². The van der Waals surface area contributed by atoms with Gasteiger partial charge < -0.3 is 14.8 Å². The molecule has 1 atom stereocenters. The highest BCUT2D eigenvalue weighted by Crippen LogP contribution is 2.42. The number of rotatable bonds is 9. The molecule has 1 aromatic rings. The van der Waals surface area contributed by atoms with Crippen LogP contribution in [-0.4, -0.2) is 30.1 Å². The SMILES string of the molecule is CCCOC(C)(C(=O)Nc1ccc(OCCBr)cc1)C1CC1. The van der Waals surface area contributed by atoms with Gasteiger partial charge >= 0.3 is 0 Å². The van der Waals surface area contributed by atoms with E-state index < -0.39 is 5.60 Å². The number of hydrogen-bond acceptors (Lipinski definition) is 3. The number of carbonyl (C=O) groups excluding carboxylic acids is 1. The summed E-state index contributed by atoms with van der Waals surface area (Å²) in [6, 6.07) is 7.43. The number of benzene rings is 1. The van der Waals surface area contributed by atoms with Crippen molar-refractivity contribution in [3.8, 4) is 5.75 Å². The van der Waals surface area contributed by atoms with Crippen LogP contribution in [0.2, 0.25) is 0 Å². The summed E-state index contributed by atoms with van der Waals surface area (Å²) < 4.78 is 11.4. The Morgan fingerprint density at radius 3 is 2.55 bits per heavy atom. The van der Waals surface area contributed by atoms with Crippen LogP contribution < -0.4 is 10.1 Å². The minimum Gasteiger partial charge on any atom is -0.493 e. The number of anilines is 1. The predicted octanol–water partition coefficient (Wildman–Crippen LogP) is 3.99. The minimum atomic E-state index is -0.721. The van der Waals surface area contributed by atoms with Crippen LogP contribution in [0, 0.1) is 5.92 Å². The number of amides is 1. The maximum Gasteiger partial charge on any atom is 0.256 e. The monoisotopic (exact) mass is 369 g/mol. The first-order valence-corrected chi connectivity index (χ1v) is 8.96. The van der Waals surface area contributed by atoms with Crippen LogP contribution in [0.3, 0.4) is 0 Å². The molecule has 5 heteroatoms. The first kappa shape index (κ1) is 17.3. The topological polar surface area (TPSA) is 47.6 Å². The second kappa shape index (κ2) is 7.97. The fourth-order valence-corrected chi connectivity index (χ4v) is 2.53. The summed E-state index contributed by atoms with van der Waals surface area (Å²) in [6.45, 7) is 5.19. The van der Waals surface area contributed by atoms with Crippen LogP contribution in [0.4, 0.5) is 5.69 Å². The van der Waals surface area contributed by atoms with E-state index in [0.717, 1.165) is 36.0 Å². The van der Waals surface area contributed by atoms with E-state index in [9.17, 15) is 4.79 Å². The molecule has 22 heavy (non-hydrogen) atoms. The van der Waals surface area contributed by atoms with E-state index in [1.165, 1.54) is 0 Å². The second-order valence-electron chi connectivity index (χ2n) is 5.75. The summed E-state index contributed by atoms with van der Waals surface area (Å²) in [7, 11) is 0. The molecule has 1 aliphatic carbocycles. The Morgan fingerprint density at radius 2 is 2.00 bits per heavy atom. The third-order valence-electron chi connectivity index (χ3n) is 3.87. The van der Waals surface area contributed by atoms with Gasteiger partial charge in [-0.15, -0.1) is 0 Å². The van der Waals surface area contributed by atoms with E-state index in [1.807, 2.05) is 31.2 Å². The molecule has 4 nitrogen and oxygen atoms in total. The summed E-state index contributed by atoms with van der Waals surface area (Å²) in [4.78, 5) is 12.6. The van der Waals surface area contributed by atoms with Gasteiger partial charge in [0.25, 0.3) is 5.91 Å². The van der Waals surface area contributed by atoms with Crippen molar-refractivity contribution >= 4 is 27.5 Å². The van der Waals surface area contributed by atoms with Crippen LogP contribution in [0.1, 0.15) is 33.1 Å². The quantitative estimate of drug-likeness (QED) is 0.669. The van der Waals surface area contributed by atoms with E-state index in [0.29, 0.717) is 19.1 Å². The molecule has 0 aromatic heterocycles. The minimum absolute atomic E-state index is 0.0578. The smallest absolute Gasteiger partial charge is 0.256 e. The number of ether oxygens (including phenoxy) is 2. The number of hydrogen-bond donors (Lipinski definition) is 1. The molecule has 1 saturated carbocycles. The lowest BCUT2D eigenvalue weighted by Gasteiger charge is -2.28. The lowest BCUT2D eigenvalue weighted by atomic mass is 9.98. The third-order valence-corrected chi connectivity index (χ3v) is 4.20. The van der Waals surface area contributed by atoms with Gasteiger partial charge in [-0.1, -0.05) is 22.9 Å². The molecule has 1 aliphatic rings. The van der Waals surface area contributed by atoms with Crippen LogP contribution >= 0.6 is 15.9 Å². The Balaban J connectivity index is 1.97. The molecular weight excluding hydrogens is 346 g/mol. The Bertz CT molecular complexity index is 487. The molecule has 0 bridgehead atoms. The van der Waals surface area contributed by atoms with E-state index >= 15 is 0 Å². The molecule has 2 rings (SSSR count). The average Bonchev–Trinajstić information content (AvgIpc) is 3.37. The summed E-state index contributed by atoms with van der Waals surface area (Å²) in [5, 5.41) is 3.76. The van der Waals surface area contributed by atoms with Crippen LogP contribution in [0.25, 0.3) is 0 Å². The van der Waals surface area contributed by atoms with Crippen molar-refractivity contribution in [2.24, 2.45) is 5.92 Å². The van der Waals surface area contributed by atoms with E-state index in [-0.39, 0.29) is 5.91 Å². The largest absolute Gasteiger partial charge is 0.493 e. The lowest BCUT2D eigenvalue weighted by molar-refractivity contribution is -0.142. The zero-order chi connectivity index (χ0) is 16.0. The van der Waals surface area contributed by atoms with Crippen molar-refractivity contribution in [3.05, 3.63) is 24.3 Å². The molecule has 1 unspecified atom stereocenters. The molecule has 1 amide bonds. The summed E-state index contributed by atoms with van der Waals surface area (Å²) in [5.74, 6) is 1.07. The number of carbonyl (C=O) groups is 1. The fourth-order valence-electron chi connectivity index (χ4n) is 2.36. The van der Waals surface area contributed by atoms with E-state index in [1.54, 1.807) is 0 Å². The van der Waals surface area contributed by atoms with Crippen LogP contribution in [0.5, 0.6) is 5.75 Å². The highest BCUT2D eigenvalue weighted by Gasteiger charge is 2.48. The van der Waals surface area contributed by atoms with Crippen molar-refractivity contribution in [1.82, 2.24) is 0 Å². The molecule has 0 saturated heterocycles. The van der Waals surface area contributed by atoms with Gasteiger partial charge in [0.15, 0.2) is 0 Å². The maximum absolute atomic E-state index is 12.6. The number of halogens is 1. The van der Waals surface area contributed by atoms with Gasteiger partial charge in [-0.05, 0) is 56.4 Å². The zero-order valence-corrected chi connectivity index (χ0v) is 14.8. The summed E-state index contributed by atoms with van der Waals surface area (Å²) in [6.07, 6.45) is 3.04. The molecule has 0 spiro atoms. The highest BCUT2D eigenvalue weighted by atomic mass is 79.9. The molecule has 1 aromatic carbocycles. The number of alkyl halides is 1. The van der Waals surface area contributed by atoms with E-state index in [2.05, 4.69) is 28.2 Å². The van der Waals surface area contributed by atoms with Crippen molar-refractivity contribution < 1.29 is 14.3 Å². The van der Waals surface area contributed by atoms with Crippen LogP contribution in [0.15, 0.2) is 24.3 Å². The van der Waals surface area contributed by atoms with Gasteiger partial charge in [0.05, 0.1) is 6.61 Å². The van der Waals surface area contributed by atoms with Crippen molar-refractivity contribution in [3.63, 3.8) is 0 Å². The Morgan fingerprint density at radius 1 is 1.32 bits per heavy atom.